The first-order valence-corrected chi connectivity index (χ1v) is 7.57. The Morgan fingerprint density at radius 3 is 2.38 bits per heavy atom. The molecule has 3 nitrogen and oxygen atoms in total. The van der Waals surface area contributed by atoms with Gasteiger partial charge in [-0.2, -0.15) is 0 Å². The van der Waals surface area contributed by atoms with Gasteiger partial charge in [0.05, 0.1) is 11.7 Å². The second kappa shape index (κ2) is 5.84. The number of aromatic amines is 1. The van der Waals surface area contributed by atoms with E-state index in [0.29, 0.717) is 0 Å². The molecule has 0 radical (unpaired) electrons. The van der Waals surface area contributed by atoms with Gasteiger partial charge in [-0.25, -0.2) is 4.98 Å². The quantitative estimate of drug-likeness (QED) is 0.750. The van der Waals surface area contributed by atoms with E-state index >= 15 is 0 Å². The number of aromatic nitrogens is 2. The molecule has 0 spiro atoms. The Hall–Kier alpha value is -1.91. The molecule has 0 saturated carbocycles. The molecule has 0 bridgehead atoms. The molecule has 1 unspecified atom stereocenters. The van der Waals surface area contributed by atoms with Crippen LogP contribution in [-0.4, -0.2) is 9.97 Å². The van der Waals surface area contributed by atoms with Gasteiger partial charge in [-0.1, -0.05) is 58.4 Å². The Labute approximate surface area is 132 Å². The molecule has 0 amide bonds. The van der Waals surface area contributed by atoms with Crippen molar-refractivity contribution in [3.8, 4) is 11.3 Å². The van der Waals surface area contributed by atoms with E-state index in [0.717, 1.165) is 32.8 Å². The molecule has 21 heavy (non-hydrogen) atoms. The number of H-pyrrole nitrogens is 1. The summed E-state index contributed by atoms with van der Waals surface area (Å²) in [6.07, 6.45) is 0. The second-order valence-electron chi connectivity index (χ2n) is 4.99. The van der Waals surface area contributed by atoms with E-state index in [2.05, 4.69) is 20.9 Å². The maximum atomic E-state index is 6.30. The van der Waals surface area contributed by atoms with Crippen molar-refractivity contribution in [2.75, 3.05) is 0 Å². The largest absolute Gasteiger partial charge is 0.344 e. The van der Waals surface area contributed by atoms with Gasteiger partial charge in [0.25, 0.3) is 0 Å². The molecule has 0 aliphatic carbocycles. The number of rotatable bonds is 3. The molecule has 0 aliphatic heterocycles. The van der Waals surface area contributed by atoms with Gasteiger partial charge in [0.15, 0.2) is 0 Å². The van der Waals surface area contributed by atoms with E-state index < -0.39 is 0 Å². The average Bonchev–Trinajstić information content (AvgIpc) is 2.90. The average molecular weight is 342 g/mol. The van der Waals surface area contributed by atoms with Crippen LogP contribution in [0.5, 0.6) is 0 Å². The van der Waals surface area contributed by atoms with Crippen LogP contribution < -0.4 is 5.73 Å². The number of nitrogens with one attached hydrogen (secondary N) is 1. The lowest BCUT2D eigenvalue weighted by molar-refractivity contribution is 0.799. The van der Waals surface area contributed by atoms with Gasteiger partial charge in [-0.15, -0.1) is 0 Å². The first-order valence-electron chi connectivity index (χ1n) is 6.78. The summed E-state index contributed by atoms with van der Waals surface area (Å²) in [7, 11) is 0. The highest BCUT2D eigenvalue weighted by Crippen LogP contribution is 2.26. The fourth-order valence-electron chi connectivity index (χ4n) is 2.34. The van der Waals surface area contributed by atoms with Crippen LogP contribution >= 0.6 is 15.9 Å². The van der Waals surface area contributed by atoms with Crippen LogP contribution in [0.15, 0.2) is 59.1 Å². The van der Waals surface area contributed by atoms with Gasteiger partial charge in [0.2, 0.25) is 0 Å². The number of nitrogens with two attached hydrogens (primary N) is 1. The highest BCUT2D eigenvalue weighted by molar-refractivity contribution is 9.10. The Morgan fingerprint density at radius 2 is 1.71 bits per heavy atom. The number of hydrogen-bond acceptors (Lipinski definition) is 2. The molecular formula is C17H16BrN3. The SMILES string of the molecule is Cc1[nH]c(C(N)c2ccccc2)nc1-c1ccc(Br)cc1. The predicted molar refractivity (Wildman–Crippen MR) is 88.9 cm³/mol. The highest BCUT2D eigenvalue weighted by atomic mass is 79.9. The van der Waals surface area contributed by atoms with Crippen molar-refractivity contribution in [3.05, 3.63) is 76.2 Å². The monoisotopic (exact) mass is 341 g/mol. The smallest absolute Gasteiger partial charge is 0.128 e. The third-order valence-electron chi connectivity index (χ3n) is 3.47. The number of halogens is 1. The summed E-state index contributed by atoms with van der Waals surface area (Å²) >= 11 is 3.45. The zero-order chi connectivity index (χ0) is 14.8. The summed E-state index contributed by atoms with van der Waals surface area (Å²) < 4.78 is 1.06. The van der Waals surface area contributed by atoms with Gasteiger partial charge < -0.3 is 10.7 Å². The zero-order valence-electron chi connectivity index (χ0n) is 11.7. The number of nitrogens with zero attached hydrogens (tertiary/aromatic N) is 1. The summed E-state index contributed by atoms with van der Waals surface area (Å²) in [6, 6.07) is 17.9. The molecule has 3 N–H and O–H groups in total. The molecule has 0 saturated heterocycles. The number of benzene rings is 2. The molecule has 3 rings (SSSR count). The fourth-order valence-corrected chi connectivity index (χ4v) is 2.60. The maximum absolute atomic E-state index is 6.30. The molecule has 1 aromatic heterocycles. The number of hydrogen-bond donors (Lipinski definition) is 2. The summed E-state index contributed by atoms with van der Waals surface area (Å²) in [5, 5.41) is 0. The predicted octanol–water partition coefficient (Wildman–Crippen LogP) is 4.20. The number of aryl methyl sites for hydroxylation is 1. The molecule has 0 fully saturated rings. The van der Waals surface area contributed by atoms with Crippen LogP contribution in [0.1, 0.15) is 23.1 Å². The molecule has 1 atom stereocenters. The van der Waals surface area contributed by atoms with Crippen molar-refractivity contribution < 1.29 is 0 Å². The Morgan fingerprint density at radius 1 is 1.05 bits per heavy atom. The lowest BCUT2D eigenvalue weighted by atomic mass is 10.1. The zero-order valence-corrected chi connectivity index (χ0v) is 13.3. The van der Waals surface area contributed by atoms with Crippen LogP contribution in [0.2, 0.25) is 0 Å². The summed E-state index contributed by atoms with van der Waals surface area (Å²) in [5.41, 5.74) is 10.4. The molecule has 3 aromatic rings. The maximum Gasteiger partial charge on any atom is 0.128 e. The minimum atomic E-state index is -0.242. The van der Waals surface area contributed by atoms with Crippen molar-refractivity contribution in [3.63, 3.8) is 0 Å². The van der Waals surface area contributed by atoms with E-state index in [9.17, 15) is 0 Å². The van der Waals surface area contributed by atoms with E-state index in [1.807, 2.05) is 61.5 Å². The Bertz CT molecular complexity index is 732. The van der Waals surface area contributed by atoms with Crippen molar-refractivity contribution in [2.45, 2.75) is 13.0 Å². The molecule has 4 heteroatoms. The lowest BCUT2D eigenvalue weighted by Crippen LogP contribution is -2.13. The van der Waals surface area contributed by atoms with Crippen LogP contribution in [0.4, 0.5) is 0 Å². The highest BCUT2D eigenvalue weighted by Gasteiger charge is 2.15. The van der Waals surface area contributed by atoms with Gasteiger partial charge >= 0.3 is 0 Å². The Kier molecular flexibility index (Phi) is 3.90. The summed E-state index contributed by atoms with van der Waals surface area (Å²) in [6.45, 7) is 2.02. The van der Waals surface area contributed by atoms with Gasteiger partial charge in [-0.05, 0) is 24.6 Å². The topological polar surface area (TPSA) is 54.7 Å². The van der Waals surface area contributed by atoms with E-state index in [-0.39, 0.29) is 6.04 Å². The van der Waals surface area contributed by atoms with E-state index in [4.69, 9.17) is 10.7 Å². The first kappa shape index (κ1) is 14.0. The van der Waals surface area contributed by atoms with Crippen LogP contribution in [-0.2, 0) is 0 Å². The molecule has 0 aliphatic rings. The van der Waals surface area contributed by atoms with Crippen molar-refractivity contribution in [2.24, 2.45) is 5.73 Å². The molecule has 2 aromatic carbocycles. The first-order chi connectivity index (χ1) is 10.1. The number of imidazole rings is 1. The van der Waals surface area contributed by atoms with Gasteiger partial charge in [0, 0.05) is 15.7 Å². The van der Waals surface area contributed by atoms with E-state index in [1.54, 1.807) is 0 Å². The van der Waals surface area contributed by atoms with Gasteiger partial charge in [0.1, 0.15) is 5.82 Å². The Balaban J connectivity index is 1.96. The second-order valence-corrected chi connectivity index (χ2v) is 5.91. The summed E-state index contributed by atoms with van der Waals surface area (Å²) in [5.74, 6) is 0.789. The molecule has 106 valence electrons. The third-order valence-corrected chi connectivity index (χ3v) is 4.00. The van der Waals surface area contributed by atoms with E-state index in [1.165, 1.54) is 0 Å². The third kappa shape index (κ3) is 2.91. The molecular weight excluding hydrogens is 326 g/mol. The van der Waals surface area contributed by atoms with Crippen LogP contribution in [0.25, 0.3) is 11.3 Å². The lowest BCUT2D eigenvalue weighted by Gasteiger charge is -2.08. The van der Waals surface area contributed by atoms with Crippen molar-refractivity contribution >= 4 is 15.9 Å². The van der Waals surface area contributed by atoms with Crippen molar-refractivity contribution in [1.29, 1.82) is 0 Å². The fraction of sp³-hybridized carbons (Fsp3) is 0.118. The summed E-state index contributed by atoms with van der Waals surface area (Å²) in [4.78, 5) is 8.00. The molecule has 1 heterocycles. The van der Waals surface area contributed by atoms with Gasteiger partial charge in [-0.3, -0.25) is 0 Å². The van der Waals surface area contributed by atoms with Crippen molar-refractivity contribution in [1.82, 2.24) is 9.97 Å². The minimum Gasteiger partial charge on any atom is -0.344 e. The van der Waals surface area contributed by atoms with Crippen LogP contribution in [0, 0.1) is 6.92 Å². The van der Waals surface area contributed by atoms with Crippen LogP contribution in [0.3, 0.4) is 0 Å². The standard InChI is InChI=1S/C17H16BrN3/c1-11-16(13-7-9-14(18)10-8-13)21-17(20-11)15(19)12-5-3-2-4-6-12/h2-10,15H,19H2,1H3,(H,20,21). The minimum absolute atomic E-state index is 0.242. The normalized spacial score (nSPS) is 12.3.